The van der Waals surface area contributed by atoms with E-state index in [0.29, 0.717) is 34.0 Å². The fraction of sp³-hybridized carbons (Fsp3) is 0.206. The number of anilines is 3. The van der Waals surface area contributed by atoms with E-state index in [4.69, 9.17) is 16.7 Å². The highest BCUT2D eigenvalue weighted by Crippen LogP contribution is 2.42. The molecular weight excluding hydrogens is 572 g/mol. The molecule has 0 bridgehead atoms. The molecule has 0 atom stereocenters. The molecule has 6 rings (SSSR count). The number of pyridine rings is 1. The highest BCUT2D eigenvalue weighted by atomic mass is 32.1. The predicted molar refractivity (Wildman–Crippen MR) is 175 cm³/mol. The number of aromatic nitrogens is 3. The van der Waals surface area contributed by atoms with Crippen molar-refractivity contribution >= 4 is 51.9 Å². The summed E-state index contributed by atoms with van der Waals surface area (Å²) in [5.74, 6) is 6.06. The number of rotatable bonds is 5. The lowest BCUT2D eigenvalue weighted by atomic mass is 10.00. The zero-order chi connectivity index (χ0) is 31.1. The first kappa shape index (κ1) is 30.4. The first-order chi connectivity index (χ1) is 21.4. The number of benzene rings is 3. The summed E-state index contributed by atoms with van der Waals surface area (Å²) in [6.45, 7) is 10.1. The number of aromatic amines is 1. The molecule has 2 N–H and O–H groups in total. The smallest absolute Gasteiger partial charge is 0.314 e. The number of nitrogens with one attached hydrogen (secondary N) is 2. The minimum absolute atomic E-state index is 0.0784. The Morgan fingerprint density at radius 1 is 0.955 bits per heavy atom. The van der Waals surface area contributed by atoms with Gasteiger partial charge >= 0.3 is 4.84 Å². The van der Waals surface area contributed by atoms with Gasteiger partial charge in [-0.25, -0.2) is 5.16 Å². The van der Waals surface area contributed by atoms with E-state index in [-0.39, 0.29) is 23.1 Å². The first-order valence-electron chi connectivity index (χ1n) is 14.4. The van der Waals surface area contributed by atoms with Crippen LogP contribution in [0.25, 0.3) is 22.2 Å². The summed E-state index contributed by atoms with van der Waals surface area (Å²) in [6, 6.07) is 20.4. The van der Waals surface area contributed by atoms with Gasteiger partial charge in [-0.15, -0.1) is 0 Å². The van der Waals surface area contributed by atoms with Gasteiger partial charge in [0.25, 0.3) is 0 Å². The Balaban J connectivity index is 0.000000493. The zero-order valence-corrected chi connectivity index (χ0v) is 25.6. The van der Waals surface area contributed by atoms with Crippen LogP contribution in [0.15, 0.2) is 83.6 Å². The number of carbonyl (C=O) groups excluding carboxylic acids is 2. The molecule has 3 aromatic carbocycles. The van der Waals surface area contributed by atoms with Crippen LogP contribution in [0.1, 0.15) is 38.3 Å². The quantitative estimate of drug-likeness (QED) is 0.131. The number of hydrogen-bond donors (Lipinski definition) is 2. The van der Waals surface area contributed by atoms with Crippen molar-refractivity contribution < 1.29 is 14.1 Å². The van der Waals surface area contributed by atoms with Crippen LogP contribution < -0.4 is 10.2 Å². The Hall–Kier alpha value is -5.11. The summed E-state index contributed by atoms with van der Waals surface area (Å²) in [5, 5.41) is 7.26. The van der Waals surface area contributed by atoms with Crippen LogP contribution in [0.2, 0.25) is 0 Å². The lowest BCUT2D eigenvalue weighted by Gasteiger charge is -2.24. The number of fused-ring (bicyclic) bond motifs is 3. The monoisotopic (exact) mass is 604 g/mol. The maximum absolute atomic E-state index is 13.4. The topological polar surface area (TPSA) is 107 Å². The van der Waals surface area contributed by atoms with Crippen molar-refractivity contribution in [3.8, 4) is 23.2 Å². The van der Waals surface area contributed by atoms with E-state index in [1.807, 2.05) is 48.5 Å². The molecule has 0 aliphatic carbocycles. The molecule has 0 spiro atoms. The molecule has 1 aliphatic heterocycles. The molecule has 5 aromatic rings. The molecule has 0 saturated carbocycles. The third kappa shape index (κ3) is 6.75. The number of carbonyl (C=O) groups is 2. The number of nitrogens with zero attached hydrogens (tertiary/aromatic N) is 4. The summed E-state index contributed by atoms with van der Waals surface area (Å²) in [7, 11) is 0. The van der Waals surface area contributed by atoms with Gasteiger partial charge in [0.1, 0.15) is 6.42 Å². The fourth-order valence-electron chi connectivity index (χ4n) is 4.98. The summed E-state index contributed by atoms with van der Waals surface area (Å²) in [6.07, 6.45) is 3.07. The van der Waals surface area contributed by atoms with Crippen LogP contribution in [-0.2, 0) is 9.59 Å². The minimum Gasteiger partial charge on any atom is -0.348 e. The molecule has 2 aromatic heterocycles. The van der Waals surface area contributed by atoms with E-state index in [1.54, 1.807) is 30.6 Å². The lowest BCUT2D eigenvalue weighted by molar-refractivity contribution is -0.124. The summed E-state index contributed by atoms with van der Waals surface area (Å²) in [4.78, 5) is 38.4. The molecular formula is C34H32N6O3S. The summed E-state index contributed by atoms with van der Waals surface area (Å²) in [5.41, 5.74) is 3.78. The van der Waals surface area contributed by atoms with Crippen molar-refractivity contribution in [2.75, 3.05) is 29.9 Å². The number of hydrogen-bond acceptors (Lipinski definition) is 7. The Kier molecular flexibility index (Phi) is 9.59. The number of H-pyrrole nitrogens is 1. The average molecular weight is 605 g/mol. The van der Waals surface area contributed by atoms with Gasteiger partial charge in [-0.3, -0.25) is 19.5 Å². The Bertz CT molecular complexity index is 1910. The Labute approximate surface area is 260 Å². The maximum Gasteiger partial charge on any atom is 0.314 e. The molecule has 9 nitrogen and oxygen atoms in total. The average Bonchev–Trinajstić information content (AvgIpc) is 3.44. The SMILES string of the molecule is CCN(CC)CC.O=C1CC(=O)N(c2cccc(-c3nc(=S)o[nH]3)c2)c2cc(C#Cc3cccnc3)c3ccccc3c2N1. The van der Waals surface area contributed by atoms with Gasteiger partial charge in [0, 0.05) is 40.2 Å². The molecule has 10 heteroatoms. The summed E-state index contributed by atoms with van der Waals surface area (Å²) >= 11 is 4.98. The van der Waals surface area contributed by atoms with Crippen LogP contribution in [0.5, 0.6) is 0 Å². The molecule has 44 heavy (non-hydrogen) atoms. The lowest BCUT2D eigenvalue weighted by Crippen LogP contribution is -2.26. The molecule has 2 amide bonds. The second-order valence-electron chi connectivity index (χ2n) is 9.91. The molecule has 0 radical (unpaired) electrons. The van der Waals surface area contributed by atoms with Crippen molar-refractivity contribution in [1.82, 2.24) is 20.0 Å². The Morgan fingerprint density at radius 3 is 2.39 bits per heavy atom. The van der Waals surface area contributed by atoms with Crippen LogP contribution in [0.4, 0.5) is 17.1 Å². The standard InChI is InChI=1S/C28H17N5O3S.C6H15N/c34-24-15-25(35)33(20-7-3-6-19(13-20)27-31-28(37)36-32-27)23-14-18(11-10-17-5-4-12-29-16-17)21-8-1-2-9-22(21)26(23)30-24;1-4-7(5-2)6-3/h1-9,12-14,16H,15H2,(H,30,34)(H,31,32,37);4-6H2,1-3H3. The number of amides is 2. The van der Waals surface area contributed by atoms with E-state index >= 15 is 0 Å². The van der Waals surface area contributed by atoms with Crippen molar-refractivity contribution in [1.29, 1.82) is 0 Å². The second kappa shape index (κ2) is 13.9. The third-order valence-corrected chi connectivity index (χ3v) is 7.43. The maximum atomic E-state index is 13.4. The van der Waals surface area contributed by atoms with Gasteiger partial charge < -0.3 is 14.7 Å². The first-order valence-corrected chi connectivity index (χ1v) is 14.8. The normalized spacial score (nSPS) is 12.5. The van der Waals surface area contributed by atoms with Crippen molar-refractivity contribution in [3.63, 3.8) is 0 Å². The van der Waals surface area contributed by atoms with Gasteiger partial charge in [-0.2, -0.15) is 4.98 Å². The van der Waals surface area contributed by atoms with Gasteiger partial charge in [-0.05, 0) is 67.6 Å². The Morgan fingerprint density at radius 2 is 1.73 bits per heavy atom. The fourth-order valence-corrected chi connectivity index (χ4v) is 5.11. The van der Waals surface area contributed by atoms with Crippen LogP contribution in [0, 0.1) is 16.7 Å². The van der Waals surface area contributed by atoms with Gasteiger partial charge in [0.15, 0.2) is 5.82 Å². The van der Waals surface area contributed by atoms with Crippen molar-refractivity contribution in [2.24, 2.45) is 0 Å². The zero-order valence-electron chi connectivity index (χ0n) is 24.8. The molecule has 0 unspecified atom stereocenters. The molecule has 0 fully saturated rings. The third-order valence-electron chi connectivity index (χ3n) is 7.25. The van der Waals surface area contributed by atoms with Gasteiger partial charge in [0.05, 0.1) is 11.4 Å². The highest BCUT2D eigenvalue weighted by Gasteiger charge is 2.30. The van der Waals surface area contributed by atoms with Gasteiger partial charge in [-0.1, -0.05) is 69.0 Å². The molecule has 0 saturated heterocycles. The highest BCUT2D eigenvalue weighted by molar-refractivity contribution is 7.71. The van der Waals surface area contributed by atoms with Crippen molar-refractivity contribution in [3.05, 3.63) is 95.1 Å². The van der Waals surface area contributed by atoms with Gasteiger partial charge in [0.2, 0.25) is 11.8 Å². The largest absolute Gasteiger partial charge is 0.348 e. The van der Waals surface area contributed by atoms with Crippen LogP contribution in [0.3, 0.4) is 0 Å². The van der Waals surface area contributed by atoms with Crippen LogP contribution >= 0.6 is 12.2 Å². The van der Waals surface area contributed by atoms with E-state index in [9.17, 15) is 9.59 Å². The molecule has 1 aliphatic rings. The van der Waals surface area contributed by atoms with Crippen LogP contribution in [-0.4, -0.2) is 51.5 Å². The second-order valence-corrected chi connectivity index (χ2v) is 10.3. The van der Waals surface area contributed by atoms with Crippen molar-refractivity contribution in [2.45, 2.75) is 27.2 Å². The predicted octanol–water partition coefficient (Wildman–Crippen LogP) is 6.70. The van der Waals surface area contributed by atoms with E-state index < -0.39 is 0 Å². The van der Waals surface area contributed by atoms with E-state index in [0.717, 1.165) is 16.3 Å². The minimum atomic E-state index is -0.384. The van der Waals surface area contributed by atoms with E-state index in [1.165, 1.54) is 24.5 Å². The molecule has 3 heterocycles. The summed E-state index contributed by atoms with van der Waals surface area (Å²) < 4.78 is 5.07. The molecule has 222 valence electrons. The van der Waals surface area contributed by atoms with E-state index in [2.05, 4.69) is 58.0 Å².